The van der Waals surface area contributed by atoms with E-state index in [1.54, 1.807) is 6.07 Å². The summed E-state index contributed by atoms with van der Waals surface area (Å²) in [7, 11) is 1.87. The fourth-order valence-electron chi connectivity index (χ4n) is 2.60. The van der Waals surface area contributed by atoms with E-state index in [2.05, 4.69) is 27.3 Å². The van der Waals surface area contributed by atoms with Crippen molar-refractivity contribution in [1.29, 1.82) is 0 Å². The van der Waals surface area contributed by atoms with Gasteiger partial charge < -0.3 is 9.73 Å². The van der Waals surface area contributed by atoms with Crippen LogP contribution in [0.1, 0.15) is 22.9 Å². The molecule has 0 saturated carbocycles. The molecule has 1 heterocycles. The second kappa shape index (κ2) is 5.62. The lowest BCUT2D eigenvalue weighted by Crippen LogP contribution is -2.18. The molecule has 1 unspecified atom stereocenters. The Bertz CT molecular complexity index is 797. The van der Waals surface area contributed by atoms with Crippen molar-refractivity contribution in [2.75, 3.05) is 7.05 Å². The van der Waals surface area contributed by atoms with Crippen LogP contribution >= 0.6 is 15.9 Å². The van der Waals surface area contributed by atoms with Crippen molar-refractivity contribution in [3.05, 3.63) is 69.6 Å². The normalized spacial score (nSPS) is 12.8. The lowest BCUT2D eigenvalue weighted by atomic mass is 9.99. The Balaban J connectivity index is 2.11. The van der Waals surface area contributed by atoms with Gasteiger partial charge in [0.05, 0.1) is 6.04 Å². The Kier molecular flexibility index (Phi) is 3.83. The van der Waals surface area contributed by atoms with Crippen LogP contribution in [0.15, 0.2) is 51.4 Å². The van der Waals surface area contributed by atoms with Gasteiger partial charge in [-0.15, -0.1) is 0 Å². The first kappa shape index (κ1) is 14.3. The van der Waals surface area contributed by atoms with Crippen molar-refractivity contribution in [2.45, 2.75) is 13.0 Å². The number of hydrogen-bond acceptors (Lipinski definition) is 2. The first-order valence-electron chi connectivity index (χ1n) is 6.71. The van der Waals surface area contributed by atoms with Crippen molar-refractivity contribution < 1.29 is 8.81 Å². The summed E-state index contributed by atoms with van der Waals surface area (Å²) >= 11 is 3.47. The minimum atomic E-state index is -0.332. The maximum Gasteiger partial charge on any atom is 0.169 e. The third-order valence-electron chi connectivity index (χ3n) is 3.63. The summed E-state index contributed by atoms with van der Waals surface area (Å²) in [5.41, 5.74) is 2.56. The van der Waals surface area contributed by atoms with Crippen LogP contribution in [-0.4, -0.2) is 7.05 Å². The first-order chi connectivity index (χ1) is 10.1. The van der Waals surface area contributed by atoms with Gasteiger partial charge in [-0.3, -0.25) is 0 Å². The van der Waals surface area contributed by atoms with Crippen LogP contribution in [0.4, 0.5) is 4.39 Å². The molecule has 21 heavy (non-hydrogen) atoms. The van der Waals surface area contributed by atoms with E-state index in [1.165, 1.54) is 6.07 Å². The minimum Gasteiger partial charge on any atom is -0.456 e. The Hall–Kier alpha value is -1.65. The number of nitrogens with one attached hydrogen (secondary N) is 1. The smallest absolute Gasteiger partial charge is 0.169 e. The minimum absolute atomic E-state index is 0.107. The zero-order valence-electron chi connectivity index (χ0n) is 11.8. The molecule has 1 N–H and O–H groups in total. The van der Waals surface area contributed by atoms with Gasteiger partial charge in [-0.1, -0.05) is 34.1 Å². The number of hydrogen-bond donors (Lipinski definition) is 1. The number of halogens is 2. The number of benzene rings is 2. The summed E-state index contributed by atoms with van der Waals surface area (Å²) in [6.45, 7) is 2.05. The Morgan fingerprint density at radius 3 is 2.67 bits per heavy atom. The SMILES string of the molecule is CNC(c1cc2cccc(F)c2o1)c1ccc(Br)cc1C. The highest BCUT2D eigenvalue weighted by Crippen LogP contribution is 2.31. The van der Waals surface area contributed by atoms with Crippen LogP contribution < -0.4 is 5.32 Å². The third-order valence-corrected chi connectivity index (χ3v) is 4.12. The van der Waals surface area contributed by atoms with E-state index in [-0.39, 0.29) is 11.9 Å². The quantitative estimate of drug-likeness (QED) is 0.724. The molecule has 3 rings (SSSR count). The van der Waals surface area contributed by atoms with Gasteiger partial charge in [0, 0.05) is 9.86 Å². The van der Waals surface area contributed by atoms with Crippen LogP contribution in [0.5, 0.6) is 0 Å². The molecule has 0 bridgehead atoms. The molecule has 4 heteroatoms. The van der Waals surface area contributed by atoms with Gasteiger partial charge in [-0.2, -0.15) is 0 Å². The van der Waals surface area contributed by atoms with Crippen LogP contribution in [-0.2, 0) is 0 Å². The van der Waals surface area contributed by atoms with E-state index in [0.717, 1.165) is 21.0 Å². The molecule has 0 fully saturated rings. The van der Waals surface area contributed by atoms with Gasteiger partial charge in [0.1, 0.15) is 5.76 Å². The summed E-state index contributed by atoms with van der Waals surface area (Å²) in [4.78, 5) is 0. The second-order valence-electron chi connectivity index (χ2n) is 5.03. The molecule has 2 nitrogen and oxygen atoms in total. The lowest BCUT2D eigenvalue weighted by Gasteiger charge is -2.16. The molecule has 2 aromatic carbocycles. The number of aryl methyl sites for hydroxylation is 1. The number of rotatable bonds is 3. The van der Waals surface area contributed by atoms with Crippen molar-refractivity contribution in [1.82, 2.24) is 5.32 Å². The predicted octanol–water partition coefficient (Wildman–Crippen LogP) is 4.95. The molecule has 0 spiro atoms. The van der Waals surface area contributed by atoms with E-state index in [4.69, 9.17) is 4.42 Å². The molecule has 1 aromatic heterocycles. The average Bonchev–Trinajstić information content (AvgIpc) is 2.87. The predicted molar refractivity (Wildman–Crippen MR) is 86.0 cm³/mol. The summed E-state index contributed by atoms with van der Waals surface area (Å²) in [5, 5.41) is 4.02. The van der Waals surface area contributed by atoms with Gasteiger partial charge in [0.2, 0.25) is 0 Å². The summed E-state index contributed by atoms with van der Waals surface area (Å²) in [6, 6.07) is 12.8. The molecule has 3 aromatic rings. The molecular weight excluding hydrogens is 333 g/mol. The van der Waals surface area contributed by atoms with E-state index >= 15 is 0 Å². The van der Waals surface area contributed by atoms with E-state index in [1.807, 2.05) is 38.2 Å². The molecule has 0 aliphatic carbocycles. The van der Waals surface area contributed by atoms with Gasteiger partial charge in [-0.25, -0.2) is 4.39 Å². The first-order valence-corrected chi connectivity index (χ1v) is 7.50. The molecule has 108 valence electrons. The number of fused-ring (bicyclic) bond motifs is 1. The number of para-hydroxylation sites is 1. The van der Waals surface area contributed by atoms with Gasteiger partial charge in [0.25, 0.3) is 0 Å². The Labute approximate surface area is 131 Å². The Morgan fingerprint density at radius 1 is 1.19 bits per heavy atom. The maximum atomic E-state index is 13.8. The fourth-order valence-corrected chi connectivity index (χ4v) is 3.08. The molecular formula is C17H15BrFNO. The zero-order valence-corrected chi connectivity index (χ0v) is 13.4. The van der Waals surface area contributed by atoms with Crippen molar-refractivity contribution >= 4 is 26.9 Å². The van der Waals surface area contributed by atoms with E-state index in [0.29, 0.717) is 11.3 Å². The lowest BCUT2D eigenvalue weighted by molar-refractivity contribution is 0.475. The third kappa shape index (κ3) is 2.61. The fraction of sp³-hybridized carbons (Fsp3) is 0.176. The van der Waals surface area contributed by atoms with Crippen molar-refractivity contribution in [2.24, 2.45) is 0 Å². The van der Waals surface area contributed by atoms with Gasteiger partial charge >= 0.3 is 0 Å². The molecule has 0 aliphatic heterocycles. The average molecular weight is 348 g/mol. The second-order valence-corrected chi connectivity index (χ2v) is 5.95. The molecule has 0 aliphatic rings. The highest BCUT2D eigenvalue weighted by atomic mass is 79.9. The van der Waals surface area contributed by atoms with Gasteiger partial charge in [-0.05, 0) is 49.4 Å². The molecule has 0 radical (unpaired) electrons. The van der Waals surface area contributed by atoms with Crippen LogP contribution in [0.3, 0.4) is 0 Å². The topological polar surface area (TPSA) is 25.2 Å². The van der Waals surface area contributed by atoms with E-state index < -0.39 is 0 Å². The standard InChI is InChI=1S/C17H15BrFNO/c1-10-8-12(18)6-7-13(10)16(20-2)15-9-11-4-3-5-14(19)17(11)21-15/h3-9,16,20H,1-2H3. The zero-order chi connectivity index (χ0) is 15.0. The monoisotopic (exact) mass is 347 g/mol. The van der Waals surface area contributed by atoms with Crippen LogP contribution in [0.25, 0.3) is 11.0 Å². The largest absolute Gasteiger partial charge is 0.456 e. The maximum absolute atomic E-state index is 13.8. The highest BCUT2D eigenvalue weighted by molar-refractivity contribution is 9.10. The number of furan rings is 1. The van der Waals surface area contributed by atoms with Crippen molar-refractivity contribution in [3.63, 3.8) is 0 Å². The summed E-state index contributed by atoms with van der Waals surface area (Å²) < 4.78 is 20.6. The Morgan fingerprint density at radius 2 is 2.00 bits per heavy atom. The van der Waals surface area contributed by atoms with Crippen molar-refractivity contribution in [3.8, 4) is 0 Å². The van der Waals surface area contributed by atoms with Crippen LogP contribution in [0.2, 0.25) is 0 Å². The van der Waals surface area contributed by atoms with Gasteiger partial charge in [0.15, 0.2) is 11.4 Å². The molecule has 0 amide bonds. The summed E-state index contributed by atoms with van der Waals surface area (Å²) in [5.74, 6) is 0.379. The highest BCUT2D eigenvalue weighted by Gasteiger charge is 2.19. The molecule has 1 atom stereocenters. The molecule has 0 saturated heterocycles. The van der Waals surface area contributed by atoms with Crippen LogP contribution in [0, 0.1) is 12.7 Å². The van der Waals surface area contributed by atoms with E-state index in [9.17, 15) is 4.39 Å². The summed E-state index contributed by atoms with van der Waals surface area (Å²) in [6.07, 6.45) is 0.